The van der Waals surface area contributed by atoms with Gasteiger partial charge in [0.15, 0.2) is 0 Å². The van der Waals surface area contributed by atoms with Gasteiger partial charge in [0.05, 0.1) is 0 Å². The number of halogens is 2. The van der Waals surface area contributed by atoms with Gasteiger partial charge in [0, 0.05) is 13.0 Å². The molecule has 2 rings (SSSR count). The van der Waals surface area contributed by atoms with Crippen molar-refractivity contribution in [2.75, 3.05) is 39.3 Å². The van der Waals surface area contributed by atoms with Gasteiger partial charge in [-0.1, -0.05) is 6.92 Å². The highest BCUT2D eigenvalue weighted by Gasteiger charge is 2.16. The van der Waals surface area contributed by atoms with E-state index in [0.717, 1.165) is 50.9 Å². The monoisotopic (exact) mass is 367 g/mol. The Labute approximate surface area is 154 Å². The zero-order chi connectivity index (χ0) is 14.9. The Morgan fingerprint density at radius 1 is 1.13 bits per heavy atom. The molecule has 2 aliphatic rings. The molecule has 2 N–H and O–H groups in total. The number of nitrogens with one attached hydrogen (secondary N) is 2. The fourth-order valence-electron chi connectivity index (χ4n) is 3.41. The SMILES string of the molecule is CC1CCN(CCCNC(=O)CCC2CCNCC2)CC1.Cl.Cl. The largest absolute Gasteiger partial charge is 0.356 e. The second kappa shape index (κ2) is 13.3. The van der Waals surface area contributed by atoms with Gasteiger partial charge in [-0.05, 0) is 83.1 Å². The minimum absolute atomic E-state index is 0. The Bertz CT molecular complexity index is 304. The van der Waals surface area contributed by atoms with Crippen molar-refractivity contribution < 1.29 is 4.79 Å². The fourth-order valence-corrected chi connectivity index (χ4v) is 3.41. The maximum Gasteiger partial charge on any atom is 0.220 e. The maximum absolute atomic E-state index is 11.8. The summed E-state index contributed by atoms with van der Waals surface area (Å²) < 4.78 is 0. The summed E-state index contributed by atoms with van der Waals surface area (Å²) in [5.74, 6) is 1.91. The van der Waals surface area contributed by atoms with Crippen molar-refractivity contribution in [3.63, 3.8) is 0 Å². The summed E-state index contributed by atoms with van der Waals surface area (Å²) in [6.45, 7) is 9.06. The van der Waals surface area contributed by atoms with Crippen LogP contribution in [0, 0.1) is 11.8 Å². The first kappa shape index (κ1) is 23.0. The summed E-state index contributed by atoms with van der Waals surface area (Å²) >= 11 is 0. The van der Waals surface area contributed by atoms with E-state index < -0.39 is 0 Å². The van der Waals surface area contributed by atoms with Gasteiger partial charge < -0.3 is 15.5 Å². The molecule has 138 valence electrons. The van der Waals surface area contributed by atoms with Crippen LogP contribution in [0.2, 0.25) is 0 Å². The summed E-state index contributed by atoms with van der Waals surface area (Å²) in [6, 6.07) is 0. The Kier molecular flexibility index (Phi) is 13.3. The van der Waals surface area contributed by atoms with Gasteiger partial charge in [0.25, 0.3) is 0 Å². The molecule has 2 heterocycles. The van der Waals surface area contributed by atoms with Gasteiger partial charge in [-0.2, -0.15) is 0 Å². The Morgan fingerprint density at radius 3 is 2.43 bits per heavy atom. The minimum atomic E-state index is 0. The lowest BCUT2D eigenvalue weighted by Crippen LogP contribution is -2.35. The van der Waals surface area contributed by atoms with Crippen molar-refractivity contribution >= 4 is 30.7 Å². The molecular formula is C17H35Cl2N3O. The molecule has 2 saturated heterocycles. The van der Waals surface area contributed by atoms with Gasteiger partial charge >= 0.3 is 0 Å². The summed E-state index contributed by atoms with van der Waals surface area (Å²) in [5, 5.41) is 6.46. The van der Waals surface area contributed by atoms with E-state index in [9.17, 15) is 4.79 Å². The number of hydrogen-bond acceptors (Lipinski definition) is 3. The number of likely N-dealkylation sites (tertiary alicyclic amines) is 1. The molecule has 0 radical (unpaired) electrons. The van der Waals surface area contributed by atoms with Crippen LogP contribution in [0.4, 0.5) is 0 Å². The molecule has 0 aromatic heterocycles. The van der Waals surface area contributed by atoms with Crippen molar-refractivity contribution in [2.45, 2.75) is 51.9 Å². The first-order valence-electron chi connectivity index (χ1n) is 8.94. The third-order valence-corrected chi connectivity index (χ3v) is 5.09. The number of piperidine rings is 2. The number of rotatable bonds is 7. The van der Waals surface area contributed by atoms with Crippen LogP contribution in [0.3, 0.4) is 0 Å². The Hall–Kier alpha value is -0.0300. The predicted octanol–water partition coefficient (Wildman–Crippen LogP) is 2.85. The van der Waals surface area contributed by atoms with Crippen molar-refractivity contribution in [1.29, 1.82) is 0 Å². The highest BCUT2D eigenvalue weighted by atomic mass is 35.5. The van der Waals surface area contributed by atoms with Gasteiger partial charge in [-0.15, -0.1) is 24.8 Å². The molecule has 0 spiro atoms. The number of hydrogen-bond donors (Lipinski definition) is 2. The van der Waals surface area contributed by atoms with E-state index in [1.54, 1.807) is 0 Å². The quantitative estimate of drug-likeness (QED) is 0.680. The van der Waals surface area contributed by atoms with E-state index in [1.807, 2.05) is 0 Å². The smallest absolute Gasteiger partial charge is 0.220 e. The molecule has 0 saturated carbocycles. The molecule has 2 fully saturated rings. The number of carbonyl (C=O) groups is 1. The molecule has 0 aromatic rings. The third kappa shape index (κ3) is 9.75. The lowest BCUT2D eigenvalue weighted by molar-refractivity contribution is -0.121. The number of nitrogens with zero attached hydrogens (tertiary/aromatic N) is 1. The average Bonchev–Trinajstić information content (AvgIpc) is 2.52. The number of carbonyl (C=O) groups excluding carboxylic acids is 1. The molecule has 1 amide bonds. The van der Waals surface area contributed by atoms with Crippen molar-refractivity contribution in [1.82, 2.24) is 15.5 Å². The lowest BCUT2D eigenvalue weighted by atomic mass is 9.93. The molecule has 4 nitrogen and oxygen atoms in total. The first-order valence-corrected chi connectivity index (χ1v) is 8.94. The standard InChI is InChI=1S/C17H33N3O.2ClH/c1-15-7-13-20(14-8-15)12-2-9-19-17(21)4-3-16-5-10-18-11-6-16;;/h15-16,18H,2-14H2,1H3,(H,19,21);2*1H. The fraction of sp³-hybridized carbons (Fsp3) is 0.941. The topological polar surface area (TPSA) is 44.4 Å². The summed E-state index contributed by atoms with van der Waals surface area (Å²) in [5.41, 5.74) is 0. The second-order valence-electron chi connectivity index (χ2n) is 6.96. The average molecular weight is 368 g/mol. The van der Waals surface area contributed by atoms with Crippen LogP contribution in [-0.4, -0.2) is 50.1 Å². The first-order chi connectivity index (χ1) is 10.2. The molecular weight excluding hydrogens is 333 g/mol. The van der Waals surface area contributed by atoms with Gasteiger partial charge in [-0.25, -0.2) is 0 Å². The summed E-state index contributed by atoms with van der Waals surface area (Å²) in [4.78, 5) is 14.4. The molecule has 0 bridgehead atoms. The highest BCUT2D eigenvalue weighted by Crippen LogP contribution is 2.17. The highest BCUT2D eigenvalue weighted by molar-refractivity contribution is 5.85. The van der Waals surface area contributed by atoms with Crippen molar-refractivity contribution in [2.24, 2.45) is 11.8 Å². The van der Waals surface area contributed by atoms with Crippen molar-refractivity contribution in [3.05, 3.63) is 0 Å². The molecule has 0 unspecified atom stereocenters. The van der Waals surface area contributed by atoms with Crippen LogP contribution in [-0.2, 0) is 4.79 Å². The molecule has 2 aliphatic heterocycles. The molecule has 0 aliphatic carbocycles. The van der Waals surface area contributed by atoms with E-state index in [1.165, 1.54) is 38.8 Å². The van der Waals surface area contributed by atoms with Crippen LogP contribution in [0.15, 0.2) is 0 Å². The van der Waals surface area contributed by atoms with Gasteiger partial charge in [-0.3, -0.25) is 4.79 Å². The molecule has 6 heteroatoms. The van der Waals surface area contributed by atoms with Crippen LogP contribution in [0.25, 0.3) is 0 Å². The van der Waals surface area contributed by atoms with Crippen LogP contribution in [0.1, 0.15) is 51.9 Å². The Morgan fingerprint density at radius 2 is 1.78 bits per heavy atom. The van der Waals surface area contributed by atoms with Crippen LogP contribution in [0.5, 0.6) is 0 Å². The molecule has 0 atom stereocenters. The van der Waals surface area contributed by atoms with E-state index in [-0.39, 0.29) is 30.7 Å². The molecule has 23 heavy (non-hydrogen) atoms. The number of amides is 1. The predicted molar refractivity (Wildman–Crippen MR) is 102 cm³/mol. The van der Waals surface area contributed by atoms with Crippen molar-refractivity contribution in [3.8, 4) is 0 Å². The maximum atomic E-state index is 11.8. The normalized spacial score (nSPS) is 20.4. The minimum Gasteiger partial charge on any atom is -0.356 e. The van der Waals surface area contributed by atoms with E-state index in [0.29, 0.717) is 6.42 Å². The lowest BCUT2D eigenvalue weighted by Gasteiger charge is -2.30. The van der Waals surface area contributed by atoms with Gasteiger partial charge in [0.2, 0.25) is 5.91 Å². The zero-order valence-electron chi connectivity index (χ0n) is 14.5. The second-order valence-corrected chi connectivity index (χ2v) is 6.96. The zero-order valence-corrected chi connectivity index (χ0v) is 16.2. The van der Waals surface area contributed by atoms with Gasteiger partial charge in [0.1, 0.15) is 0 Å². The summed E-state index contributed by atoms with van der Waals surface area (Å²) in [6.07, 6.45) is 8.02. The van der Waals surface area contributed by atoms with Crippen LogP contribution >= 0.6 is 24.8 Å². The molecule has 0 aromatic carbocycles. The van der Waals surface area contributed by atoms with E-state index in [2.05, 4.69) is 22.5 Å². The third-order valence-electron chi connectivity index (χ3n) is 5.09. The summed E-state index contributed by atoms with van der Waals surface area (Å²) in [7, 11) is 0. The van der Waals surface area contributed by atoms with E-state index >= 15 is 0 Å². The van der Waals surface area contributed by atoms with E-state index in [4.69, 9.17) is 0 Å². The Balaban J connectivity index is 0.00000242. The van der Waals surface area contributed by atoms with Crippen LogP contribution < -0.4 is 10.6 Å².